The molecule has 0 heterocycles. The topological polar surface area (TPSA) is 86.7 Å². The Balaban J connectivity index is 1.38. The van der Waals surface area contributed by atoms with Gasteiger partial charge in [-0.3, -0.25) is 4.79 Å². The highest BCUT2D eigenvalue weighted by Crippen LogP contribution is 2.50. The number of esters is 2. The lowest BCUT2D eigenvalue weighted by molar-refractivity contribution is -0.138. The molecule has 6 nitrogen and oxygen atoms in total. The first-order valence-electron chi connectivity index (χ1n) is 15.5. The molecule has 0 aliphatic heterocycles. The van der Waals surface area contributed by atoms with Crippen molar-refractivity contribution >= 4 is 27.9 Å². The van der Waals surface area contributed by atoms with Gasteiger partial charge in [-0.2, -0.15) is 13.2 Å². The lowest BCUT2D eigenvalue weighted by Gasteiger charge is -2.45. The molecule has 0 aromatic heterocycles. The summed E-state index contributed by atoms with van der Waals surface area (Å²) in [7, 11) is -4.43. The average molecular weight is 681 g/mol. The van der Waals surface area contributed by atoms with E-state index in [0.29, 0.717) is 36.5 Å². The van der Waals surface area contributed by atoms with Crippen LogP contribution in [0.15, 0.2) is 83.6 Å². The summed E-state index contributed by atoms with van der Waals surface area (Å²) in [6.07, 6.45) is 1.74. The number of benzene rings is 2. The molecule has 47 heavy (non-hydrogen) atoms. The molecule has 0 saturated heterocycles. The summed E-state index contributed by atoms with van der Waals surface area (Å²) in [5.74, 6) is -2.94. The number of rotatable bonds is 12. The van der Waals surface area contributed by atoms with Crippen LogP contribution in [0.4, 0.5) is 22.0 Å². The Kier molecular flexibility index (Phi) is 11.8. The summed E-state index contributed by atoms with van der Waals surface area (Å²) in [5.41, 5.74) is -0.323. The first kappa shape index (κ1) is 36.0. The average Bonchev–Trinajstić information content (AvgIpc) is 3.04. The second kappa shape index (κ2) is 15.4. The van der Waals surface area contributed by atoms with E-state index >= 15 is 4.39 Å². The van der Waals surface area contributed by atoms with Crippen molar-refractivity contribution < 1.29 is 49.4 Å². The second-order valence-electron chi connectivity index (χ2n) is 11.9. The fourth-order valence-corrected chi connectivity index (χ4v) is 8.33. The fourth-order valence-electron chi connectivity index (χ4n) is 6.04. The number of hydrogen-bond donors (Lipinski definition) is 0. The molecule has 0 spiro atoms. The lowest BCUT2D eigenvalue weighted by Crippen LogP contribution is -2.51. The molecule has 4 rings (SSSR count). The Hall–Kier alpha value is -3.80. The van der Waals surface area contributed by atoms with Gasteiger partial charge in [0.2, 0.25) is 0 Å². The minimum absolute atomic E-state index is 0.0288. The summed E-state index contributed by atoms with van der Waals surface area (Å²) in [6.45, 7) is 2.34. The van der Waals surface area contributed by atoms with Gasteiger partial charge < -0.3 is 9.47 Å². The quantitative estimate of drug-likeness (QED) is 0.0735. The Labute approximate surface area is 271 Å². The number of ether oxygens (including phenoxy) is 2. The van der Waals surface area contributed by atoms with Crippen molar-refractivity contribution in [1.29, 1.82) is 0 Å². The van der Waals surface area contributed by atoms with E-state index in [-0.39, 0.29) is 38.0 Å². The number of alkyl halides is 4. The van der Waals surface area contributed by atoms with Crippen LogP contribution in [-0.2, 0) is 30.3 Å². The van der Waals surface area contributed by atoms with Crippen LogP contribution >= 0.6 is 0 Å². The molecule has 2 aliphatic carbocycles. The van der Waals surface area contributed by atoms with Gasteiger partial charge >= 0.3 is 18.1 Å². The van der Waals surface area contributed by atoms with Crippen molar-refractivity contribution in [2.45, 2.75) is 80.3 Å². The molecule has 2 atom stereocenters. The first-order chi connectivity index (χ1) is 22.2. The van der Waals surface area contributed by atoms with E-state index in [4.69, 9.17) is 9.47 Å². The largest absolute Gasteiger partial charge is 0.463 e. The van der Waals surface area contributed by atoms with E-state index in [9.17, 15) is 35.6 Å². The third kappa shape index (κ3) is 8.97. The molecule has 0 N–H and O–H groups in total. The Morgan fingerprint density at radius 2 is 1.68 bits per heavy atom. The van der Waals surface area contributed by atoms with Crippen LogP contribution in [0.1, 0.15) is 69.4 Å². The van der Waals surface area contributed by atoms with E-state index in [1.165, 1.54) is 6.08 Å². The summed E-state index contributed by atoms with van der Waals surface area (Å²) in [4.78, 5) is 23.9. The van der Waals surface area contributed by atoms with E-state index in [1.807, 2.05) is 6.92 Å². The number of halogens is 5. The van der Waals surface area contributed by atoms with Gasteiger partial charge in [-0.1, -0.05) is 25.5 Å². The molecule has 0 radical (unpaired) electrons. The van der Waals surface area contributed by atoms with Gasteiger partial charge in [0.25, 0.3) is 0 Å². The highest BCUT2D eigenvalue weighted by Gasteiger charge is 2.54. The van der Waals surface area contributed by atoms with Crippen molar-refractivity contribution in [2.24, 2.45) is 11.8 Å². The van der Waals surface area contributed by atoms with E-state index < -0.39 is 61.1 Å². The van der Waals surface area contributed by atoms with Crippen LogP contribution < -0.4 is 4.74 Å². The monoisotopic (exact) mass is 680 g/mol. The Morgan fingerprint density at radius 3 is 2.30 bits per heavy atom. The molecule has 1 fully saturated rings. The Morgan fingerprint density at radius 1 is 1.02 bits per heavy atom. The van der Waals surface area contributed by atoms with Crippen LogP contribution in [0.3, 0.4) is 0 Å². The lowest BCUT2D eigenvalue weighted by atomic mass is 9.71. The maximum absolute atomic E-state index is 15.2. The van der Waals surface area contributed by atoms with Gasteiger partial charge in [-0.25, -0.2) is 22.0 Å². The number of hydrogen-bond acceptors (Lipinski definition) is 6. The normalized spacial score (nSPS) is 23.4. The van der Waals surface area contributed by atoms with Gasteiger partial charge in [0.1, 0.15) is 17.7 Å². The first-order valence-corrected chi connectivity index (χ1v) is 17.0. The van der Waals surface area contributed by atoms with Gasteiger partial charge in [-0.15, -0.1) is 0 Å². The number of sulfone groups is 1. The van der Waals surface area contributed by atoms with Crippen LogP contribution in [-0.4, -0.2) is 37.9 Å². The van der Waals surface area contributed by atoms with Crippen LogP contribution in [0, 0.1) is 11.8 Å². The standard InChI is InChI=1S/C35H37F5O6S/c1-2-3-22-45-32(41)16-6-24-4-11-28(12-5-24)46-33(42)17-7-25-18-20-34(21-19-25,30-23-27(36)10-15-31(30)37)47(43,44)29-13-8-26(9-14-29)35(38,39)40/h4-6,8-16,23,25,30-31H,2-3,7,17-22H2,1H3/b16-6+. The summed E-state index contributed by atoms with van der Waals surface area (Å²) < 4.78 is 106. The zero-order valence-electron chi connectivity index (χ0n) is 25.8. The van der Waals surface area contributed by atoms with Gasteiger partial charge in [0.05, 0.1) is 21.8 Å². The summed E-state index contributed by atoms with van der Waals surface area (Å²) >= 11 is 0. The highest BCUT2D eigenvalue weighted by atomic mass is 32.2. The van der Waals surface area contributed by atoms with E-state index in [0.717, 1.165) is 43.2 Å². The van der Waals surface area contributed by atoms with Crippen LogP contribution in [0.25, 0.3) is 6.08 Å². The zero-order chi connectivity index (χ0) is 34.2. The number of carbonyl (C=O) groups excluding carboxylic acids is 2. The minimum Gasteiger partial charge on any atom is -0.463 e. The predicted molar refractivity (Wildman–Crippen MR) is 166 cm³/mol. The number of unbranched alkanes of at least 4 members (excludes halogenated alkanes) is 1. The third-order valence-electron chi connectivity index (χ3n) is 8.73. The molecular weight excluding hydrogens is 643 g/mol. The van der Waals surface area contributed by atoms with Crippen molar-refractivity contribution in [3.05, 3.63) is 89.8 Å². The molecule has 2 unspecified atom stereocenters. The van der Waals surface area contributed by atoms with Crippen molar-refractivity contribution in [3.63, 3.8) is 0 Å². The molecule has 2 aliphatic rings. The number of allylic oxidation sites excluding steroid dienone is 4. The van der Waals surface area contributed by atoms with Gasteiger partial charge in [0, 0.05) is 18.4 Å². The molecule has 2 aromatic carbocycles. The molecule has 0 amide bonds. The smallest absolute Gasteiger partial charge is 0.416 e. The number of carbonyl (C=O) groups is 2. The molecule has 12 heteroatoms. The second-order valence-corrected chi connectivity index (χ2v) is 14.1. The summed E-state index contributed by atoms with van der Waals surface area (Å²) in [5, 5.41) is 0. The van der Waals surface area contributed by atoms with E-state index in [2.05, 4.69) is 0 Å². The van der Waals surface area contributed by atoms with Gasteiger partial charge in [-0.05, 0) is 111 Å². The molecule has 254 valence electrons. The zero-order valence-corrected chi connectivity index (χ0v) is 26.7. The fraction of sp³-hybridized carbons (Fsp3) is 0.429. The Bertz CT molecular complexity index is 1590. The van der Waals surface area contributed by atoms with Crippen molar-refractivity contribution in [2.75, 3.05) is 6.61 Å². The van der Waals surface area contributed by atoms with Crippen molar-refractivity contribution in [1.82, 2.24) is 0 Å². The highest BCUT2D eigenvalue weighted by molar-refractivity contribution is 7.92. The van der Waals surface area contributed by atoms with Crippen molar-refractivity contribution in [3.8, 4) is 5.75 Å². The predicted octanol–water partition coefficient (Wildman–Crippen LogP) is 8.53. The third-order valence-corrected chi connectivity index (χ3v) is 11.4. The SMILES string of the molecule is CCCCOC(=O)/C=C/c1ccc(OC(=O)CCC2CCC(C3C=C(F)C=CC3F)(S(=O)(=O)c3ccc(C(F)(F)F)cc3)CC2)cc1. The molecule has 0 bridgehead atoms. The molecular formula is C35H37F5O6S. The summed E-state index contributed by atoms with van der Waals surface area (Å²) in [6, 6.07) is 9.56. The molecule has 1 saturated carbocycles. The maximum Gasteiger partial charge on any atom is 0.416 e. The van der Waals surface area contributed by atoms with Crippen LogP contribution in [0.5, 0.6) is 5.75 Å². The van der Waals surface area contributed by atoms with E-state index in [1.54, 1.807) is 30.3 Å². The molecule has 2 aromatic rings. The maximum atomic E-state index is 15.2. The van der Waals surface area contributed by atoms with Gasteiger partial charge in [0.15, 0.2) is 9.84 Å². The minimum atomic E-state index is -4.67. The van der Waals surface area contributed by atoms with Crippen LogP contribution in [0.2, 0.25) is 0 Å².